The van der Waals surface area contributed by atoms with Crippen LogP contribution < -0.4 is 10.1 Å². The van der Waals surface area contributed by atoms with Crippen molar-refractivity contribution < 1.29 is 9.53 Å². The maximum absolute atomic E-state index is 12.5. The number of carbonyl (C=O) groups is 1. The standard InChI is InChI=1S/C21H19ClN2O2S/c1-14-3-6-17(7-4-14)26-20-11-15(9-10-23-20)21(25)24-13-16-5-8-18(27-2)12-19(16)22/h3-12H,13H2,1-2H3,(H,24,25). The molecule has 0 aliphatic heterocycles. The zero-order valence-electron chi connectivity index (χ0n) is 15.0. The molecule has 0 aliphatic carbocycles. The van der Waals surface area contributed by atoms with E-state index in [0.29, 0.717) is 28.8 Å². The summed E-state index contributed by atoms with van der Waals surface area (Å²) in [6.07, 6.45) is 3.55. The van der Waals surface area contributed by atoms with Gasteiger partial charge in [-0.1, -0.05) is 35.4 Å². The molecular formula is C21H19ClN2O2S. The molecule has 4 nitrogen and oxygen atoms in total. The van der Waals surface area contributed by atoms with Gasteiger partial charge in [-0.15, -0.1) is 11.8 Å². The Kier molecular flexibility index (Phi) is 6.37. The fourth-order valence-corrected chi connectivity index (χ4v) is 3.16. The highest BCUT2D eigenvalue weighted by molar-refractivity contribution is 7.98. The number of ether oxygens (including phenoxy) is 1. The lowest BCUT2D eigenvalue weighted by atomic mass is 10.2. The van der Waals surface area contributed by atoms with Gasteiger partial charge in [0, 0.05) is 34.3 Å². The van der Waals surface area contributed by atoms with E-state index < -0.39 is 0 Å². The van der Waals surface area contributed by atoms with E-state index in [4.69, 9.17) is 16.3 Å². The van der Waals surface area contributed by atoms with Crippen molar-refractivity contribution in [1.29, 1.82) is 0 Å². The van der Waals surface area contributed by atoms with Crippen molar-refractivity contribution in [2.24, 2.45) is 0 Å². The second-order valence-electron chi connectivity index (χ2n) is 5.94. The minimum atomic E-state index is -0.212. The van der Waals surface area contributed by atoms with Crippen molar-refractivity contribution in [3.05, 3.63) is 82.5 Å². The number of carbonyl (C=O) groups excluding carboxylic acids is 1. The van der Waals surface area contributed by atoms with E-state index in [1.54, 1.807) is 30.1 Å². The van der Waals surface area contributed by atoms with Crippen LogP contribution in [0.25, 0.3) is 0 Å². The van der Waals surface area contributed by atoms with Crippen molar-refractivity contribution >= 4 is 29.3 Å². The number of hydrogen-bond donors (Lipinski definition) is 1. The lowest BCUT2D eigenvalue weighted by Crippen LogP contribution is -2.23. The van der Waals surface area contributed by atoms with E-state index in [1.165, 1.54) is 0 Å². The van der Waals surface area contributed by atoms with Crippen LogP contribution >= 0.6 is 23.4 Å². The molecule has 6 heteroatoms. The molecule has 0 saturated heterocycles. The monoisotopic (exact) mass is 398 g/mol. The van der Waals surface area contributed by atoms with Gasteiger partial charge >= 0.3 is 0 Å². The maximum atomic E-state index is 12.5. The third-order valence-electron chi connectivity index (χ3n) is 3.94. The molecule has 1 heterocycles. The topological polar surface area (TPSA) is 51.2 Å². The van der Waals surface area contributed by atoms with Crippen LogP contribution in [-0.2, 0) is 6.54 Å². The van der Waals surface area contributed by atoms with Gasteiger partial charge in [0.15, 0.2) is 0 Å². The van der Waals surface area contributed by atoms with Gasteiger partial charge in [-0.25, -0.2) is 4.98 Å². The average molecular weight is 399 g/mol. The third-order valence-corrected chi connectivity index (χ3v) is 5.02. The lowest BCUT2D eigenvalue weighted by Gasteiger charge is -2.09. The zero-order chi connectivity index (χ0) is 19.2. The van der Waals surface area contributed by atoms with Gasteiger partial charge in [0.25, 0.3) is 5.91 Å². The van der Waals surface area contributed by atoms with Crippen molar-refractivity contribution in [3.63, 3.8) is 0 Å². The molecule has 0 saturated carbocycles. The van der Waals surface area contributed by atoms with E-state index in [0.717, 1.165) is 16.0 Å². The van der Waals surface area contributed by atoms with Crippen LogP contribution in [0.3, 0.4) is 0 Å². The Morgan fingerprint density at radius 1 is 1.15 bits per heavy atom. The molecule has 0 spiro atoms. The minimum absolute atomic E-state index is 0.212. The molecule has 1 aromatic heterocycles. The number of benzene rings is 2. The van der Waals surface area contributed by atoms with Crippen molar-refractivity contribution in [1.82, 2.24) is 10.3 Å². The molecular weight excluding hydrogens is 380 g/mol. The summed E-state index contributed by atoms with van der Waals surface area (Å²) < 4.78 is 5.72. The summed E-state index contributed by atoms with van der Waals surface area (Å²) >= 11 is 7.89. The Labute approximate surface area is 167 Å². The summed E-state index contributed by atoms with van der Waals surface area (Å²) in [6.45, 7) is 2.36. The molecule has 1 N–H and O–H groups in total. The summed E-state index contributed by atoms with van der Waals surface area (Å²) in [4.78, 5) is 17.7. The molecule has 0 aliphatic rings. The van der Waals surface area contributed by atoms with E-state index in [2.05, 4.69) is 10.3 Å². The number of nitrogens with zero attached hydrogens (tertiary/aromatic N) is 1. The largest absolute Gasteiger partial charge is 0.439 e. The molecule has 1 amide bonds. The Hall–Kier alpha value is -2.50. The first-order chi connectivity index (χ1) is 13.0. The first-order valence-electron chi connectivity index (χ1n) is 8.36. The number of rotatable bonds is 6. The van der Waals surface area contributed by atoms with Gasteiger partial charge < -0.3 is 10.1 Å². The third kappa shape index (κ3) is 5.25. The van der Waals surface area contributed by atoms with E-state index >= 15 is 0 Å². The first-order valence-corrected chi connectivity index (χ1v) is 9.96. The van der Waals surface area contributed by atoms with Gasteiger partial charge in [-0.3, -0.25) is 4.79 Å². The van der Waals surface area contributed by atoms with Gasteiger partial charge in [-0.05, 0) is 49.1 Å². The number of hydrogen-bond acceptors (Lipinski definition) is 4. The van der Waals surface area contributed by atoms with Gasteiger partial charge in [-0.2, -0.15) is 0 Å². The number of aromatic nitrogens is 1. The second-order valence-corrected chi connectivity index (χ2v) is 7.22. The van der Waals surface area contributed by atoms with Gasteiger partial charge in [0.05, 0.1) is 0 Å². The second kappa shape index (κ2) is 8.93. The summed E-state index contributed by atoms with van der Waals surface area (Å²) in [5.74, 6) is 0.830. The van der Waals surface area contributed by atoms with Crippen LogP contribution in [0.2, 0.25) is 5.02 Å². The molecule has 27 heavy (non-hydrogen) atoms. The zero-order valence-corrected chi connectivity index (χ0v) is 16.6. The Morgan fingerprint density at radius 2 is 1.93 bits per heavy atom. The number of amides is 1. The highest BCUT2D eigenvalue weighted by Gasteiger charge is 2.09. The predicted octanol–water partition coefficient (Wildman–Crippen LogP) is 5.49. The van der Waals surface area contributed by atoms with Crippen molar-refractivity contribution in [2.45, 2.75) is 18.4 Å². The maximum Gasteiger partial charge on any atom is 0.251 e. The molecule has 0 bridgehead atoms. The van der Waals surface area contributed by atoms with Crippen LogP contribution in [0.5, 0.6) is 11.6 Å². The number of pyridine rings is 1. The quantitative estimate of drug-likeness (QED) is 0.558. The van der Waals surface area contributed by atoms with E-state index in [9.17, 15) is 4.79 Å². The summed E-state index contributed by atoms with van der Waals surface area (Å²) in [7, 11) is 0. The Morgan fingerprint density at radius 3 is 2.63 bits per heavy atom. The molecule has 0 radical (unpaired) electrons. The fraction of sp³-hybridized carbons (Fsp3) is 0.143. The molecule has 2 aromatic carbocycles. The average Bonchev–Trinajstić information content (AvgIpc) is 2.68. The van der Waals surface area contributed by atoms with Crippen molar-refractivity contribution in [2.75, 3.05) is 6.26 Å². The lowest BCUT2D eigenvalue weighted by molar-refractivity contribution is 0.0950. The fourth-order valence-electron chi connectivity index (χ4n) is 2.41. The number of halogens is 1. The summed E-state index contributed by atoms with van der Waals surface area (Å²) in [5.41, 5.74) is 2.49. The van der Waals surface area contributed by atoms with Crippen LogP contribution in [0.4, 0.5) is 0 Å². The SMILES string of the molecule is CSc1ccc(CNC(=O)c2ccnc(Oc3ccc(C)cc3)c2)c(Cl)c1. The van der Waals surface area contributed by atoms with Crippen LogP contribution in [0, 0.1) is 6.92 Å². The minimum Gasteiger partial charge on any atom is -0.439 e. The van der Waals surface area contributed by atoms with Crippen molar-refractivity contribution in [3.8, 4) is 11.6 Å². The van der Waals surface area contributed by atoms with E-state index in [-0.39, 0.29) is 5.91 Å². The summed E-state index contributed by atoms with van der Waals surface area (Å²) in [5, 5.41) is 3.52. The summed E-state index contributed by atoms with van der Waals surface area (Å²) in [6, 6.07) is 16.7. The molecule has 3 rings (SSSR count). The van der Waals surface area contributed by atoms with Gasteiger partial charge in [0.2, 0.25) is 5.88 Å². The first kappa shape index (κ1) is 19.3. The highest BCUT2D eigenvalue weighted by atomic mass is 35.5. The molecule has 138 valence electrons. The highest BCUT2D eigenvalue weighted by Crippen LogP contribution is 2.24. The molecule has 0 fully saturated rings. The predicted molar refractivity (Wildman–Crippen MR) is 110 cm³/mol. The van der Waals surface area contributed by atoms with E-state index in [1.807, 2.05) is 55.6 Å². The Balaban J connectivity index is 1.65. The molecule has 0 atom stereocenters. The van der Waals surface area contributed by atoms with Crippen LogP contribution in [0.1, 0.15) is 21.5 Å². The number of nitrogens with one attached hydrogen (secondary N) is 1. The normalized spacial score (nSPS) is 10.5. The molecule has 0 unspecified atom stereocenters. The number of thioether (sulfide) groups is 1. The van der Waals surface area contributed by atoms with Crippen LogP contribution in [0.15, 0.2) is 65.7 Å². The smallest absolute Gasteiger partial charge is 0.251 e. The number of aryl methyl sites for hydroxylation is 1. The molecule has 3 aromatic rings. The Bertz CT molecular complexity index is 945. The van der Waals surface area contributed by atoms with Gasteiger partial charge in [0.1, 0.15) is 5.75 Å². The van der Waals surface area contributed by atoms with Crippen LogP contribution in [-0.4, -0.2) is 17.1 Å².